The molecule has 0 aliphatic rings. The molecule has 0 fully saturated rings. The Morgan fingerprint density at radius 3 is 2.38 bits per heavy atom. The van der Waals surface area contributed by atoms with E-state index in [1.807, 2.05) is 61.5 Å². The van der Waals surface area contributed by atoms with Gasteiger partial charge < -0.3 is 15.0 Å². The third-order valence-electron chi connectivity index (χ3n) is 6.63. The molecule has 37 heavy (non-hydrogen) atoms. The van der Waals surface area contributed by atoms with Crippen molar-refractivity contribution in [3.8, 4) is 11.4 Å². The van der Waals surface area contributed by atoms with Crippen LogP contribution < -0.4 is 15.0 Å². The van der Waals surface area contributed by atoms with E-state index >= 15 is 0 Å². The van der Waals surface area contributed by atoms with Crippen LogP contribution in [0.2, 0.25) is 0 Å². The number of fused-ring (bicyclic) bond motifs is 2. The number of carbonyl (C=O) groups is 1. The molecule has 0 spiro atoms. The minimum Gasteiger partial charge on any atom is -0.483 e. The number of hydrogen-bond acceptors (Lipinski definition) is 5. The lowest BCUT2D eigenvalue weighted by Crippen LogP contribution is -2.21. The predicted octanol–water partition coefficient (Wildman–Crippen LogP) is 6.05. The van der Waals surface area contributed by atoms with Crippen LogP contribution in [0.5, 0.6) is 5.75 Å². The Hall–Kier alpha value is -4.39. The van der Waals surface area contributed by atoms with E-state index in [9.17, 15) is 4.79 Å². The number of aryl methyl sites for hydroxylation is 2. The molecule has 0 aliphatic carbocycles. The molecule has 0 aliphatic heterocycles. The molecule has 1 N–H and O–H groups in total. The first-order valence-corrected chi connectivity index (χ1v) is 12.6. The lowest BCUT2D eigenvalue weighted by molar-refractivity contribution is -0.118. The van der Waals surface area contributed by atoms with Crippen LogP contribution in [0.4, 0.5) is 11.4 Å². The first-order valence-electron chi connectivity index (χ1n) is 12.6. The van der Waals surface area contributed by atoms with Crippen LogP contribution in [-0.2, 0) is 4.79 Å². The van der Waals surface area contributed by atoms with Gasteiger partial charge in [-0.25, -0.2) is 0 Å². The summed E-state index contributed by atoms with van der Waals surface area (Å²) in [6.07, 6.45) is 0. The van der Waals surface area contributed by atoms with Crippen LogP contribution in [0.15, 0.2) is 72.8 Å². The van der Waals surface area contributed by atoms with Crippen LogP contribution in [0, 0.1) is 13.8 Å². The van der Waals surface area contributed by atoms with Gasteiger partial charge in [0.05, 0.1) is 5.69 Å². The van der Waals surface area contributed by atoms with Crippen LogP contribution in [0.3, 0.4) is 0 Å². The summed E-state index contributed by atoms with van der Waals surface area (Å²) in [6, 6.07) is 23.9. The van der Waals surface area contributed by atoms with Gasteiger partial charge in [-0.2, -0.15) is 4.80 Å². The van der Waals surface area contributed by atoms with Crippen LogP contribution >= 0.6 is 0 Å². The van der Waals surface area contributed by atoms with Crippen molar-refractivity contribution in [2.45, 2.75) is 27.7 Å². The van der Waals surface area contributed by atoms with E-state index in [1.54, 1.807) is 4.80 Å². The molecule has 0 saturated heterocycles. The highest BCUT2D eigenvalue weighted by Gasteiger charge is 2.13. The molecule has 0 radical (unpaired) electrons. The monoisotopic (exact) mass is 493 g/mol. The third kappa shape index (κ3) is 4.98. The summed E-state index contributed by atoms with van der Waals surface area (Å²) in [5, 5.41) is 14.4. The Morgan fingerprint density at radius 2 is 1.62 bits per heavy atom. The molecular formula is C30H31N5O2. The van der Waals surface area contributed by atoms with E-state index < -0.39 is 0 Å². The average Bonchev–Trinajstić information content (AvgIpc) is 3.30. The van der Waals surface area contributed by atoms with Gasteiger partial charge in [0.2, 0.25) is 0 Å². The number of anilines is 2. The van der Waals surface area contributed by atoms with E-state index in [-0.39, 0.29) is 12.5 Å². The van der Waals surface area contributed by atoms with Gasteiger partial charge in [0.25, 0.3) is 5.91 Å². The Bertz CT molecular complexity index is 1580. The molecule has 5 rings (SSSR count). The van der Waals surface area contributed by atoms with Crippen molar-refractivity contribution in [3.63, 3.8) is 0 Å². The third-order valence-corrected chi connectivity index (χ3v) is 6.63. The Balaban J connectivity index is 1.33. The lowest BCUT2D eigenvalue weighted by atomic mass is 10.1. The fourth-order valence-corrected chi connectivity index (χ4v) is 4.61. The van der Waals surface area contributed by atoms with Crippen molar-refractivity contribution in [2.24, 2.45) is 0 Å². The van der Waals surface area contributed by atoms with Crippen molar-refractivity contribution < 1.29 is 9.53 Å². The van der Waals surface area contributed by atoms with Crippen molar-refractivity contribution in [2.75, 3.05) is 29.9 Å². The van der Waals surface area contributed by atoms with Gasteiger partial charge in [0, 0.05) is 29.9 Å². The van der Waals surface area contributed by atoms with Gasteiger partial charge in [-0.05, 0) is 80.6 Å². The summed E-state index contributed by atoms with van der Waals surface area (Å²) >= 11 is 0. The van der Waals surface area contributed by atoms with E-state index in [2.05, 4.69) is 49.2 Å². The summed E-state index contributed by atoms with van der Waals surface area (Å²) in [7, 11) is 0. The molecule has 1 amide bonds. The van der Waals surface area contributed by atoms with Crippen LogP contribution in [-0.4, -0.2) is 40.6 Å². The normalized spacial score (nSPS) is 11.1. The summed E-state index contributed by atoms with van der Waals surface area (Å²) in [6.45, 7) is 10.2. The zero-order valence-corrected chi connectivity index (χ0v) is 21.7. The zero-order chi connectivity index (χ0) is 25.9. The quantitative estimate of drug-likeness (QED) is 0.285. The molecule has 5 aromatic rings. The fourth-order valence-electron chi connectivity index (χ4n) is 4.61. The Morgan fingerprint density at radius 1 is 0.892 bits per heavy atom. The smallest absolute Gasteiger partial charge is 0.262 e. The first-order chi connectivity index (χ1) is 18.0. The number of nitrogens with zero attached hydrogens (tertiary/aromatic N) is 4. The Kier molecular flexibility index (Phi) is 6.77. The lowest BCUT2D eigenvalue weighted by Gasteiger charge is -2.22. The highest BCUT2D eigenvalue weighted by molar-refractivity contribution is 5.95. The van der Waals surface area contributed by atoms with Gasteiger partial charge in [-0.1, -0.05) is 36.4 Å². The number of amides is 1. The largest absolute Gasteiger partial charge is 0.483 e. The second-order valence-corrected chi connectivity index (χ2v) is 9.10. The zero-order valence-electron chi connectivity index (χ0n) is 21.7. The minimum absolute atomic E-state index is 0.0870. The molecular weight excluding hydrogens is 462 g/mol. The van der Waals surface area contributed by atoms with Crippen LogP contribution in [0.1, 0.15) is 25.0 Å². The molecule has 1 heterocycles. The van der Waals surface area contributed by atoms with Crippen molar-refractivity contribution in [3.05, 3.63) is 83.9 Å². The maximum absolute atomic E-state index is 12.7. The second kappa shape index (κ2) is 10.3. The molecule has 0 unspecified atom stereocenters. The summed E-state index contributed by atoms with van der Waals surface area (Å²) < 4.78 is 5.85. The summed E-state index contributed by atoms with van der Waals surface area (Å²) in [4.78, 5) is 16.7. The SMILES string of the molecule is CCN(CC)c1ccc(-n2nc3cc(C)c(NC(=O)COc4cccc5ccccc45)cc3n2)c(C)c1. The fraction of sp³-hybridized carbons (Fsp3) is 0.233. The van der Waals surface area contributed by atoms with Crippen molar-refractivity contribution in [1.29, 1.82) is 0 Å². The topological polar surface area (TPSA) is 72.3 Å². The number of hydrogen-bond donors (Lipinski definition) is 1. The van der Waals surface area contributed by atoms with Gasteiger partial charge >= 0.3 is 0 Å². The van der Waals surface area contributed by atoms with Crippen molar-refractivity contribution in [1.82, 2.24) is 15.0 Å². The number of aromatic nitrogens is 3. The number of carbonyl (C=O) groups excluding carboxylic acids is 1. The number of ether oxygens (including phenoxy) is 1. The van der Waals surface area contributed by atoms with Crippen molar-refractivity contribution >= 4 is 39.1 Å². The predicted molar refractivity (Wildman–Crippen MR) is 150 cm³/mol. The molecule has 188 valence electrons. The second-order valence-electron chi connectivity index (χ2n) is 9.10. The summed E-state index contributed by atoms with van der Waals surface area (Å²) in [5.74, 6) is 0.455. The highest BCUT2D eigenvalue weighted by atomic mass is 16.5. The molecule has 7 heteroatoms. The number of benzene rings is 4. The van der Waals surface area contributed by atoms with E-state index in [0.717, 1.165) is 46.2 Å². The maximum atomic E-state index is 12.7. The van der Waals surface area contributed by atoms with Gasteiger partial charge in [0.15, 0.2) is 6.61 Å². The maximum Gasteiger partial charge on any atom is 0.262 e. The molecule has 0 atom stereocenters. The standard InChI is InChI=1S/C30H31N5O2/c1-5-34(6-2)23-14-15-28(21(4)16-23)35-32-26-17-20(3)25(18-27(26)33-35)31-30(36)19-37-29-13-9-11-22-10-7-8-12-24(22)29/h7-18H,5-6,19H2,1-4H3,(H,31,36). The molecule has 7 nitrogen and oxygen atoms in total. The van der Waals surface area contributed by atoms with E-state index in [1.165, 1.54) is 5.69 Å². The van der Waals surface area contributed by atoms with E-state index in [4.69, 9.17) is 14.9 Å². The summed E-state index contributed by atoms with van der Waals surface area (Å²) in [5.41, 5.74) is 6.30. The first kappa shape index (κ1) is 24.3. The van der Waals surface area contributed by atoms with Gasteiger partial charge in [-0.3, -0.25) is 4.79 Å². The number of nitrogens with one attached hydrogen (secondary N) is 1. The van der Waals surface area contributed by atoms with Gasteiger partial charge in [0.1, 0.15) is 16.8 Å². The van der Waals surface area contributed by atoms with E-state index in [0.29, 0.717) is 17.0 Å². The molecule has 4 aromatic carbocycles. The number of rotatable bonds is 8. The Labute approximate surface area is 216 Å². The molecule has 1 aromatic heterocycles. The average molecular weight is 494 g/mol. The molecule has 0 saturated carbocycles. The van der Waals surface area contributed by atoms with Gasteiger partial charge in [-0.15, -0.1) is 10.2 Å². The minimum atomic E-state index is -0.231. The molecule has 0 bridgehead atoms. The van der Waals surface area contributed by atoms with Crippen LogP contribution in [0.25, 0.3) is 27.5 Å². The highest BCUT2D eigenvalue weighted by Crippen LogP contribution is 2.27.